The molecule has 0 atom stereocenters. The van der Waals surface area contributed by atoms with Gasteiger partial charge in [0.05, 0.1) is 16.7 Å². The number of aromatic nitrogens is 3. The first kappa shape index (κ1) is 12.8. The van der Waals surface area contributed by atoms with Crippen molar-refractivity contribution < 1.29 is 8.42 Å². The molecular formula is C12H15N3O2S2. The Labute approximate surface area is 116 Å². The lowest BCUT2D eigenvalue weighted by Crippen LogP contribution is -2.29. The van der Waals surface area contributed by atoms with Crippen LogP contribution in [0.4, 0.5) is 0 Å². The van der Waals surface area contributed by atoms with Crippen molar-refractivity contribution in [2.45, 2.75) is 30.3 Å². The first-order valence-corrected chi connectivity index (χ1v) is 8.80. The molecule has 0 unspecified atom stereocenters. The highest BCUT2D eigenvalue weighted by molar-refractivity contribution is 7.91. The number of nitrogens with zero attached hydrogens (tertiary/aromatic N) is 3. The van der Waals surface area contributed by atoms with E-state index in [9.17, 15) is 8.42 Å². The maximum absolute atomic E-state index is 12.1. The fraction of sp³-hybridized carbons (Fsp3) is 0.500. The van der Waals surface area contributed by atoms with Gasteiger partial charge < -0.3 is 0 Å². The first-order valence-electron chi connectivity index (χ1n) is 6.20. The van der Waals surface area contributed by atoms with Crippen molar-refractivity contribution in [3.05, 3.63) is 23.3 Å². The van der Waals surface area contributed by atoms with Crippen LogP contribution in [0.15, 0.2) is 17.6 Å². The summed E-state index contributed by atoms with van der Waals surface area (Å²) in [6, 6.07) is 1.88. The molecule has 0 radical (unpaired) electrons. The maximum Gasteiger partial charge on any atom is 0.158 e. The molecule has 0 saturated heterocycles. The average molecular weight is 297 g/mol. The molecule has 2 heterocycles. The second-order valence-corrected chi connectivity index (χ2v) is 8.02. The van der Waals surface area contributed by atoms with Crippen LogP contribution in [-0.4, -0.2) is 28.4 Å². The van der Waals surface area contributed by atoms with E-state index in [-0.39, 0.29) is 11.0 Å². The summed E-state index contributed by atoms with van der Waals surface area (Å²) in [7, 11) is -1.18. The Morgan fingerprint density at radius 1 is 1.47 bits per heavy atom. The summed E-state index contributed by atoms with van der Waals surface area (Å²) in [4.78, 5) is 4.38. The lowest BCUT2D eigenvalue weighted by atomic mass is 10.0. The van der Waals surface area contributed by atoms with E-state index in [4.69, 9.17) is 0 Å². The first-order chi connectivity index (χ1) is 9.04. The number of aryl methyl sites for hydroxylation is 1. The Bertz CT molecular complexity index is 683. The lowest BCUT2D eigenvalue weighted by Gasteiger charge is -2.24. The zero-order chi connectivity index (χ0) is 13.5. The van der Waals surface area contributed by atoms with Gasteiger partial charge in [-0.25, -0.2) is 13.4 Å². The topological polar surface area (TPSA) is 64.8 Å². The monoisotopic (exact) mass is 297 g/mol. The third kappa shape index (κ3) is 2.57. The molecule has 3 rings (SSSR count). The minimum absolute atomic E-state index is 0.0565. The quantitative estimate of drug-likeness (QED) is 0.866. The highest BCUT2D eigenvalue weighted by Crippen LogP contribution is 2.29. The van der Waals surface area contributed by atoms with Crippen LogP contribution >= 0.6 is 11.3 Å². The normalized spacial score (nSPS) is 16.5. The summed E-state index contributed by atoms with van der Waals surface area (Å²) in [5.41, 5.74) is 1.43. The number of hydrogen-bond acceptors (Lipinski definition) is 5. The van der Waals surface area contributed by atoms with E-state index in [1.54, 1.807) is 4.68 Å². The van der Waals surface area contributed by atoms with E-state index in [0.717, 1.165) is 30.0 Å². The van der Waals surface area contributed by atoms with Crippen molar-refractivity contribution in [2.75, 3.05) is 0 Å². The lowest BCUT2D eigenvalue weighted by molar-refractivity contribution is 0.476. The van der Waals surface area contributed by atoms with Crippen LogP contribution in [0.2, 0.25) is 0 Å². The van der Waals surface area contributed by atoms with E-state index in [1.807, 2.05) is 24.7 Å². The largest absolute Gasteiger partial charge is 0.275 e. The Hall–Kier alpha value is -1.21. The van der Waals surface area contributed by atoms with Crippen LogP contribution in [0.3, 0.4) is 0 Å². The standard InChI is InChI=1S/C12H15N3O2S2/c1-15-6-5-11(14-15)12-13-9(7-18-12)8-19(16,17)10-3-2-4-10/h5-7,10H,2-4,8H2,1H3. The van der Waals surface area contributed by atoms with E-state index >= 15 is 0 Å². The molecule has 1 aliphatic carbocycles. The van der Waals surface area contributed by atoms with Gasteiger partial charge in [0.25, 0.3) is 0 Å². The highest BCUT2D eigenvalue weighted by atomic mass is 32.2. The molecule has 1 aliphatic rings. The Kier molecular flexibility index (Phi) is 3.18. The van der Waals surface area contributed by atoms with Gasteiger partial charge in [-0.3, -0.25) is 4.68 Å². The van der Waals surface area contributed by atoms with Gasteiger partial charge in [0.2, 0.25) is 0 Å². The van der Waals surface area contributed by atoms with Gasteiger partial charge in [0, 0.05) is 18.6 Å². The molecule has 102 valence electrons. The maximum atomic E-state index is 12.1. The smallest absolute Gasteiger partial charge is 0.158 e. The summed E-state index contributed by atoms with van der Waals surface area (Å²) in [5.74, 6) is 0.0565. The van der Waals surface area contributed by atoms with Crippen LogP contribution < -0.4 is 0 Å². The highest BCUT2D eigenvalue weighted by Gasteiger charge is 2.31. The molecule has 0 bridgehead atoms. The summed E-state index contributed by atoms with van der Waals surface area (Å²) in [6.45, 7) is 0. The van der Waals surface area contributed by atoms with Gasteiger partial charge in [-0.05, 0) is 18.9 Å². The van der Waals surface area contributed by atoms with Crippen molar-refractivity contribution >= 4 is 21.2 Å². The number of hydrogen-bond donors (Lipinski definition) is 0. The van der Waals surface area contributed by atoms with E-state index < -0.39 is 9.84 Å². The molecule has 1 fully saturated rings. The van der Waals surface area contributed by atoms with E-state index in [1.165, 1.54) is 11.3 Å². The van der Waals surface area contributed by atoms with Gasteiger partial charge >= 0.3 is 0 Å². The van der Waals surface area contributed by atoms with Crippen molar-refractivity contribution in [1.29, 1.82) is 0 Å². The fourth-order valence-corrected chi connectivity index (χ4v) is 4.81. The molecule has 5 nitrogen and oxygen atoms in total. The number of sulfone groups is 1. The molecule has 19 heavy (non-hydrogen) atoms. The summed E-state index contributed by atoms with van der Waals surface area (Å²) >= 11 is 1.44. The number of rotatable bonds is 4. The minimum atomic E-state index is -3.02. The molecule has 0 amide bonds. The van der Waals surface area contributed by atoms with Crippen molar-refractivity contribution in [3.8, 4) is 10.7 Å². The van der Waals surface area contributed by atoms with E-state index in [2.05, 4.69) is 10.1 Å². The zero-order valence-electron chi connectivity index (χ0n) is 10.6. The Morgan fingerprint density at radius 3 is 2.84 bits per heavy atom. The zero-order valence-corrected chi connectivity index (χ0v) is 12.2. The van der Waals surface area contributed by atoms with Crippen LogP contribution in [0.5, 0.6) is 0 Å². The second kappa shape index (κ2) is 4.72. The molecule has 0 aromatic carbocycles. The van der Waals surface area contributed by atoms with Crippen LogP contribution in [0, 0.1) is 0 Å². The minimum Gasteiger partial charge on any atom is -0.275 e. The van der Waals surface area contributed by atoms with Gasteiger partial charge in [0.15, 0.2) is 9.84 Å². The molecular weight excluding hydrogens is 282 g/mol. The predicted molar refractivity (Wildman–Crippen MR) is 74.6 cm³/mol. The Morgan fingerprint density at radius 2 is 2.26 bits per heavy atom. The molecule has 0 N–H and O–H groups in total. The van der Waals surface area contributed by atoms with Gasteiger partial charge in [-0.2, -0.15) is 5.10 Å². The molecule has 1 saturated carbocycles. The molecule has 2 aromatic rings. The number of thiazole rings is 1. The summed E-state index contributed by atoms with van der Waals surface area (Å²) in [6.07, 6.45) is 4.49. The van der Waals surface area contributed by atoms with E-state index in [0.29, 0.717) is 5.69 Å². The van der Waals surface area contributed by atoms with Gasteiger partial charge in [0.1, 0.15) is 10.7 Å². The van der Waals surface area contributed by atoms with Gasteiger partial charge in [-0.15, -0.1) is 11.3 Å². The summed E-state index contributed by atoms with van der Waals surface area (Å²) in [5, 5.41) is 6.72. The average Bonchev–Trinajstić information content (AvgIpc) is 2.82. The third-order valence-corrected chi connectivity index (χ3v) is 6.49. The van der Waals surface area contributed by atoms with Crippen molar-refractivity contribution in [2.24, 2.45) is 7.05 Å². The molecule has 0 spiro atoms. The van der Waals surface area contributed by atoms with Crippen molar-refractivity contribution in [3.63, 3.8) is 0 Å². The van der Waals surface area contributed by atoms with Crippen LogP contribution in [0.1, 0.15) is 25.0 Å². The summed E-state index contributed by atoms with van der Waals surface area (Å²) < 4.78 is 25.9. The van der Waals surface area contributed by atoms with Gasteiger partial charge in [-0.1, -0.05) is 6.42 Å². The third-order valence-electron chi connectivity index (χ3n) is 3.39. The fourth-order valence-electron chi connectivity index (χ4n) is 2.07. The van der Waals surface area contributed by atoms with Crippen LogP contribution in [0.25, 0.3) is 10.7 Å². The second-order valence-electron chi connectivity index (χ2n) is 4.88. The molecule has 2 aromatic heterocycles. The predicted octanol–water partition coefficient (Wildman–Crippen LogP) is 2.01. The van der Waals surface area contributed by atoms with Crippen LogP contribution in [-0.2, 0) is 22.6 Å². The Balaban J connectivity index is 1.78. The SMILES string of the molecule is Cn1ccc(-c2nc(CS(=O)(=O)C3CCC3)cs2)n1. The van der Waals surface area contributed by atoms with Crippen molar-refractivity contribution in [1.82, 2.24) is 14.8 Å². The molecule has 0 aliphatic heterocycles. The molecule has 7 heteroatoms.